The standard InChI is InChI=1S/C19H15Cl5N2O4/c1-7(2)5-26-18(28)9(4-25)8(3)11(19(26)29)10(27)6-30-17-15(23)13(21)12(20)14(22)16(17)24/h7,29H,5-6H2,1-3H3. The highest BCUT2D eigenvalue weighted by atomic mass is 35.5. The molecule has 11 heteroatoms. The molecule has 0 aliphatic carbocycles. The van der Waals surface area contributed by atoms with Gasteiger partial charge in [-0.15, -0.1) is 0 Å². The lowest BCUT2D eigenvalue weighted by Gasteiger charge is -2.17. The van der Waals surface area contributed by atoms with Crippen molar-refractivity contribution in [2.45, 2.75) is 27.3 Å². The molecular formula is C19H15Cl5N2O4. The predicted molar refractivity (Wildman–Crippen MR) is 118 cm³/mol. The molecule has 6 nitrogen and oxygen atoms in total. The van der Waals surface area contributed by atoms with Gasteiger partial charge in [-0.25, -0.2) is 0 Å². The van der Waals surface area contributed by atoms with Crippen molar-refractivity contribution >= 4 is 63.8 Å². The Balaban J connectivity index is 2.51. The molecule has 0 saturated heterocycles. The molecule has 0 unspecified atom stereocenters. The summed E-state index contributed by atoms with van der Waals surface area (Å²) in [5, 5.41) is 19.4. The zero-order valence-electron chi connectivity index (χ0n) is 15.9. The minimum absolute atomic E-state index is 0.0296. The molecule has 0 atom stereocenters. The number of ketones is 1. The number of nitrogens with zero attached hydrogens (tertiary/aromatic N) is 2. The number of hydrogen-bond donors (Lipinski definition) is 1. The van der Waals surface area contributed by atoms with E-state index in [1.165, 1.54) is 6.92 Å². The molecule has 2 aromatic rings. The first kappa shape index (κ1) is 24.6. The number of carbonyl (C=O) groups excluding carboxylic acids is 1. The molecule has 1 N–H and O–H groups in total. The second-order valence-electron chi connectivity index (χ2n) is 6.73. The number of ether oxygens (including phenoxy) is 1. The molecule has 0 aliphatic heterocycles. The largest absolute Gasteiger partial charge is 0.494 e. The van der Waals surface area contributed by atoms with Gasteiger partial charge in [-0.05, 0) is 18.4 Å². The van der Waals surface area contributed by atoms with Crippen molar-refractivity contribution in [3.8, 4) is 17.7 Å². The maximum Gasteiger partial charge on any atom is 0.271 e. The number of benzene rings is 1. The zero-order valence-corrected chi connectivity index (χ0v) is 19.7. The summed E-state index contributed by atoms with van der Waals surface area (Å²) in [5.74, 6) is -1.46. The van der Waals surface area contributed by atoms with Gasteiger partial charge in [0.1, 0.15) is 21.7 Å². The van der Waals surface area contributed by atoms with Crippen molar-refractivity contribution < 1.29 is 14.6 Å². The van der Waals surface area contributed by atoms with E-state index in [-0.39, 0.29) is 60.0 Å². The summed E-state index contributed by atoms with van der Waals surface area (Å²) >= 11 is 30.1. The van der Waals surface area contributed by atoms with Crippen LogP contribution in [0.5, 0.6) is 11.6 Å². The Bertz CT molecular complexity index is 1110. The van der Waals surface area contributed by atoms with Crippen LogP contribution in [0.1, 0.15) is 35.3 Å². The zero-order chi connectivity index (χ0) is 22.9. The average molecular weight is 513 g/mol. The van der Waals surface area contributed by atoms with Crippen LogP contribution in [-0.4, -0.2) is 22.1 Å². The molecule has 0 fully saturated rings. The van der Waals surface area contributed by atoms with Crippen LogP contribution < -0.4 is 10.3 Å². The minimum atomic E-state index is -0.715. The van der Waals surface area contributed by atoms with Gasteiger partial charge in [0.2, 0.25) is 11.7 Å². The Morgan fingerprint density at radius 3 is 2.07 bits per heavy atom. The highest BCUT2D eigenvalue weighted by Gasteiger charge is 2.26. The van der Waals surface area contributed by atoms with Crippen LogP contribution in [0.15, 0.2) is 4.79 Å². The first-order valence-corrected chi connectivity index (χ1v) is 10.4. The molecule has 0 aliphatic rings. The fourth-order valence-electron chi connectivity index (χ4n) is 2.74. The number of aromatic hydroxyl groups is 1. The van der Waals surface area contributed by atoms with Crippen LogP contribution in [0.2, 0.25) is 25.1 Å². The number of pyridine rings is 1. The number of hydrogen-bond acceptors (Lipinski definition) is 5. The summed E-state index contributed by atoms with van der Waals surface area (Å²) in [4.78, 5) is 25.3. The second-order valence-corrected chi connectivity index (χ2v) is 8.62. The summed E-state index contributed by atoms with van der Waals surface area (Å²) in [6, 6.07) is 1.78. The Morgan fingerprint density at radius 2 is 1.60 bits per heavy atom. The van der Waals surface area contributed by atoms with Gasteiger partial charge in [-0.1, -0.05) is 71.9 Å². The van der Waals surface area contributed by atoms with Gasteiger partial charge in [0.05, 0.1) is 20.6 Å². The summed E-state index contributed by atoms with van der Waals surface area (Å²) in [6.07, 6.45) is 0. The molecule has 30 heavy (non-hydrogen) atoms. The molecule has 0 spiro atoms. The van der Waals surface area contributed by atoms with Crippen molar-refractivity contribution in [1.29, 1.82) is 5.26 Å². The minimum Gasteiger partial charge on any atom is -0.494 e. The van der Waals surface area contributed by atoms with Crippen LogP contribution >= 0.6 is 58.0 Å². The van der Waals surface area contributed by atoms with E-state index in [2.05, 4.69) is 0 Å². The topological polar surface area (TPSA) is 92.3 Å². The number of aromatic nitrogens is 1. The lowest BCUT2D eigenvalue weighted by molar-refractivity contribution is 0.0916. The van der Waals surface area contributed by atoms with E-state index < -0.39 is 23.8 Å². The first-order valence-electron chi connectivity index (χ1n) is 8.47. The van der Waals surface area contributed by atoms with E-state index >= 15 is 0 Å². The molecule has 1 heterocycles. The number of Topliss-reactive ketones (excluding diaryl/α,β-unsaturated/α-hetero) is 1. The molecule has 0 radical (unpaired) electrons. The Hall–Kier alpha value is -1.62. The Morgan fingerprint density at radius 1 is 1.10 bits per heavy atom. The smallest absolute Gasteiger partial charge is 0.271 e. The SMILES string of the molecule is Cc1c(C(=O)COc2c(Cl)c(Cl)c(Cl)c(Cl)c2Cl)c(O)n(CC(C)C)c(=O)c1C#N. The van der Waals surface area contributed by atoms with Crippen molar-refractivity contribution in [1.82, 2.24) is 4.57 Å². The lowest BCUT2D eigenvalue weighted by Crippen LogP contribution is -2.29. The second kappa shape index (κ2) is 9.67. The molecule has 0 amide bonds. The van der Waals surface area contributed by atoms with E-state index in [1.807, 2.05) is 13.8 Å². The van der Waals surface area contributed by atoms with Crippen LogP contribution in [0.4, 0.5) is 0 Å². The van der Waals surface area contributed by atoms with Gasteiger partial charge >= 0.3 is 0 Å². The van der Waals surface area contributed by atoms with Crippen molar-refractivity contribution in [2.75, 3.05) is 6.61 Å². The maximum atomic E-state index is 12.8. The summed E-state index contributed by atoms with van der Waals surface area (Å²) in [5.41, 5.74) is -1.10. The fourth-order valence-corrected chi connectivity index (χ4v) is 3.97. The van der Waals surface area contributed by atoms with E-state index in [1.54, 1.807) is 6.07 Å². The molecule has 2 rings (SSSR count). The third kappa shape index (κ3) is 4.51. The highest BCUT2D eigenvalue weighted by Crippen LogP contribution is 2.48. The third-order valence-corrected chi connectivity index (χ3v) is 6.39. The molecule has 0 bridgehead atoms. The number of halogens is 5. The quantitative estimate of drug-likeness (QED) is 0.295. The number of rotatable bonds is 6. The third-order valence-electron chi connectivity index (χ3n) is 4.14. The van der Waals surface area contributed by atoms with Crippen LogP contribution in [-0.2, 0) is 6.54 Å². The summed E-state index contributed by atoms with van der Waals surface area (Å²) < 4.78 is 6.40. The average Bonchev–Trinajstić information content (AvgIpc) is 2.68. The van der Waals surface area contributed by atoms with Gasteiger partial charge in [-0.3, -0.25) is 14.2 Å². The van der Waals surface area contributed by atoms with Gasteiger partial charge in [0, 0.05) is 6.54 Å². The van der Waals surface area contributed by atoms with E-state index in [4.69, 9.17) is 62.7 Å². The van der Waals surface area contributed by atoms with Gasteiger partial charge < -0.3 is 9.84 Å². The lowest BCUT2D eigenvalue weighted by atomic mass is 10.0. The Labute approximate surface area is 197 Å². The van der Waals surface area contributed by atoms with Crippen molar-refractivity contribution in [2.24, 2.45) is 5.92 Å². The maximum absolute atomic E-state index is 12.8. The van der Waals surface area contributed by atoms with Crippen LogP contribution in [0.25, 0.3) is 0 Å². The van der Waals surface area contributed by atoms with E-state index in [0.29, 0.717) is 0 Å². The molecular weight excluding hydrogens is 497 g/mol. The number of carbonyl (C=O) groups is 1. The van der Waals surface area contributed by atoms with Crippen molar-refractivity contribution in [3.05, 3.63) is 52.2 Å². The molecule has 1 aromatic heterocycles. The van der Waals surface area contributed by atoms with Gasteiger partial charge in [0.25, 0.3) is 5.56 Å². The van der Waals surface area contributed by atoms with Crippen LogP contribution in [0.3, 0.4) is 0 Å². The van der Waals surface area contributed by atoms with Crippen LogP contribution in [0, 0.1) is 24.2 Å². The monoisotopic (exact) mass is 510 g/mol. The molecule has 0 saturated carbocycles. The molecule has 160 valence electrons. The first-order chi connectivity index (χ1) is 13.9. The normalized spacial score (nSPS) is 10.9. The summed E-state index contributed by atoms with van der Waals surface area (Å²) in [6.45, 7) is 4.51. The van der Waals surface area contributed by atoms with Crippen molar-refractivity contribution in [3.63, 3.8) is 0 Å². The summed E-state index contributed by atoms with van der Waals surface area (Å²) in [7, 11) is 0. The molecule has 1 aromatic carbocycles. The Kier molecular flexibility index (Phi) is 7.95. The van der Waals surface area contributed by atoms with Gasteiger partial charge in [0.15, 0.2) is 12.4 Å². The number of nitriles is 1. The van der Waals surface area contributed by atoms with E-state index in [9.17, 15) is 20.0 Å². The highest BCUT2D eigenvalue weighted by molar-refractivity contribution is 6.55. The van der Waals surface area contributed by atoms with E-state index in [0.717, 1.165) is 4.57 Å². The predicted octanol–water partition coefficient (Wildman–Crippen LogP) is 5.92. The fraction of sp³-hybridized carbons (Fsp3) is 0.316. The van der Waals surface area contributed by atoms with Gasteiger partial charge in [-0.2, -0.15) is 5.26 Å².